The smallest absolute Gasteiger partial charge is 0.182 e. The van der Waals surface area contributed by atoms with Gasteiger partial charge < -0.3 is 20.1 Å². The first-order valence-electron chi connectivity index (χ1n) is 13.6. The van der Waals surface area contributed by atoms with Crippen molar-refractivity contribution in [3.63, 3.8) is 0 Å². The van der Waals surface area contributed by atoms with Crippen LogP contribution in [-0.2, 0) is 24.2 Å². The summed E-state index contributed by atoms with van der Waals surface area (Å²) in [7, 11) is 1.74. The molecule has 0 atom stereocenters. The average Bonchev–Trinajstić information content (AvgIpc) is 3.50. The van der Waals surface area contributed by atoms with Crippen LogP contribution in [0.1, 0.15) is 41.1 Å². The number of fused-ring (bicyclic) bond motifs is 2. The van der Waals surface area contributed by atoms with Gasteiger partial charge >= 0.3 is 0 Å². The van der Waals surface area contributed by atoms with E-state index in [0.717, 1.165) is 93.8 Å². The number of ether oxygens (including phenoxy) is 2. The fraction of sp³-hybridized carbons (Fsp3) is 0.448. The number of hydrogen-bond donors (Lipinski definition) is 1. The first-order chi connectivity index (χ1) is 19.0. The molecular weight excluding hydrogens is 510 g/mol. The zero-order chi connectivity index (χ0) is 26.9. The van der Waals surface area contributed by atoms with Crippen LogP contribution in [-0.4, -0.2) is 64.8 Å². The Balaban J connectivity index is 1.37. The van der Waals surface area contributed by atoms with E-state index in [2.05, 4.69) is 51.8 Å². The highest BCUT2D eigenvalue weighted by atomic mass is 32.1. The predicted octanol–water partition coefficient (Wildman–Crippen LogP) is 4.53. The van der Waals surface area contributed by atoms with Crippen LogP contribution < -0.4 is 15.4 Å². The molecule has 3 aromatic heterocycles. The van der Waals surface area contributed by atoms with Crippen LogP contribution in [0.5, 0.6) is 5.75 Å². The number of rotatable bonds is 7. The number of aryl methyl sites for hydroxylation is 2. The molecule has 1 fully saturated rings. The van der Waals surface area contributed by atoms with Gasteiger partial charge in [-0.25, -0.2) is 19.9 Å². The summed E-state index contributed by atoms with van der Waals surface area (Å²) in [5.41, 5.74) is 13.3. The van der Waals surface area contributed by atoms with Gasteiger partial charge in [-0.05, 0) is 69.1 Å². The van der Waals surface area contributed by atoms with Gasteiger partial charge in [-0.2, -0.15) is 0 Å². The van der Waals surface area contributed by atoms with Crippen molar-refractivity contribution in [1.82, 2.24) is 24.8 Å². The lowest BCUT2D eigenvalue weighted by Crippen LogP contribution is -2.29. The maximum Gasteiger partial charge on any atom is 0.182 e. The zero-order valence-corrected chi connectivity index (χ0v) is 23.7. The summed E-state index contributed by atoms with van der Waals surface area (Å²) in [4.78, 5) is 24.8. The standard InChI is InChI=1S/C29H35N7O2S/c1-18-12-20(21-14-24-28(31-15-21)39-29(30)33-24)13-22-16-36(9-11-38-26(18)22)27-23(6-10-37-3)19(2)32-25(34-27)17-35-7-4-5-8-35/h12-15H,4-11,16-17H2,1-3H3,(H2,30,33). The Kier molecular flexibility index (Phi) is 7.33. The second-order valence-electron chi connectivity index (χ2n) is 10.4. The zero-order valence-electron chi connectivity index (χ0n) is 22.9. The Hall–Kier alpha value is -3.34. The molecule has 0 bridgehead atoms. The maximum absolute atomic E-state index is 6.32. The molecule has 0 amide bonds. The van der Waals surface area contributed by atoms with Crippen LogP contribution in [0.25, 0.3) is 21.5 Å². The fourth-order valence-corrected chi connectivity index (χ4v) is 6.32. The SMILES string of the molecule is COCCc1c(C)nc(CN2CCCC2)nc1N1CCOc2c(C)cc(-c3cnc4sc(N)nc4c3)cc2C1. The molecule has 0 saturated carbocycles. The average molecular weight is 546 g/mol. The number of hydrogen-bond acceptors (Lipinski definition) is 10. The Bertz CT molecular complexity index is 1500. The number of thiazole rings is 1. The number of nitrogen functional groups attached to an aromatic ring is 1. The van der Waals surface area contributed by atoms with E-state index in [1.165, 1.54) is 24.2 Å². The van der Waals surface area contributed by atoms with Crippen LogP contribution in [0.4, 0.5) is 10.9 Å². The van der Waals surface area contributed by atoms with Crippen molar-refractivity contribution in [2.75, 3.05) is 50.6 Å². The lowest BCUT2D eigenvalue weighted by atomic mass is 9.99. The molecule has 0 aliphatic carbocycles. The first-order valence-corrected chi connectivity index (χ1v) is 14.4. The molecule has 0 radical (unpaired) electrons. The number of nitrogens with two attached hydrogens (primary N) is 1. The molecule has 2 N–H and O–H groups in total. The van der Waals surface area contributed by atoms with Gasteiger partial charge in [-0.15, -0.1) is 0 Å². The van der Waals surface area contributed by atoms with Gasteiger partial charge in [0.05, 0.1) is 19.7 Å². The van der Waals surface area contributed by atoms with Crippen molar-refractivity contribution in [3.8, 4) is 16.9 Å². The Morgan fingerprint density at radius 1 is 1.05 bits per heavy atom. The number of nitrogens with zero attached hydrogens (tertiary/aromatic N) is 6. The van der Waals surface area contributed by atoms with Crippen molar-refractivity contribution in [3.05, 3.63) is 52.6 Å². The van der Waals surface area contributed by atoms with E-state index < -0.39 is 0 Å². The summed E-state index contributed by atoms with van der Waals surface area (Å²) in [5, 5.41) is 0.533. The van der Waals surface area contributed by atoms with Gasteiger partial charge in [-0.3, -0.25) is 4.90 Å². The molecule has 2 aliphatic rings. The molecule has 0 unspecified atom stereocenters. The normalized spacial score (nSPS) is 15.9. The molecule has 39 heavy (non-hydrogen) atoms. The van der Waals surface area contributed by atoms with Crippen molar-refractivity contribution < 1.29 is 9.47 Å². The van der Waals surface area contributed by atoms with Crippen molar-refractivity contribution in [1.29, 1.82) is 0 Å². The number of aromatic nitrogens is 4. The summed E-state index contributed by atoms with van der Waals surface area (Å²) < 4.78 is 11.8. The molecule has 10 heteroatoms. The van der Waals surface area contributed by atoms with E-state index in [9.17, 15) is 0 Å². The number of pyridine rings is 1. The van der Waals surface area contributed by atoms with Gasteiger partial charge in [0.2, 0.25) is 0 Å². The van der Waals surface area contributed by atoms with Gasteiger partial charge in [0, 0.05) is 48.7 Å². The minimum atomic E-state index is 0.533. The van der Waals surface area contributed by atoms with E-state index in [0.29, 0.717) is 24.9 Å². The van der Waals surface area contributed by atoms with Crippen LogP contribution in [0.15, 0.2) is 24.4 Å². The molecule has 204 valence electrons. The maximum atomic E-state index is 6.32. The van der Waals surface area contributed by atoms with Gasteiger partial charge in [0.25, 0.3) is 0 Å². The summed E-state index contributed by atoms with van der Waals surface area (Å²) in [5.74, 6) is 2.84. The van der Waals surface area contributed by atoms with E-state index in [4.69, 9.17) is 25.2 Å². The lowest BCUT2D eigenvalue weighted by Gasteiger charge is -2.26. The van der Waals surface area contributed by atoms with Gasteiger partial charge in [0.15, 0.2) is 5.13 Å². The Morgan fingerprint density at radius 2 is 1.90 bits per heavy atom. The quantitative estimate of drug-likeness (QED) is 0.359. The molecular formula is C29H35N7O2S. The van der Waals surface area contributed by atoms with Crippen LogP contribution in [0, 0.1) is 13.8 Å². The number of methoxy groups -OCH3 is 1. The first kappa shape index (κ1) is 25.9. The highest BCUT2D eigenvalue weighted by Crippen LogP contribution is 2.36. The van der Waals surface area contributed by atoms with E-state index in [1.807, 2.05) is 6.20 Å². The number of anilines is 2. The monoisotopic (exact) mass is 545 g/mol. The third-order valence-electron chi connectivity index (χ3n) is 7.58. The Morgan fingerprint density at radius 3 is 2.72 bits per heavy atom. The highest BCUT2D eigenvalue weighted by Gasteiger charge is 2.24. The van der Waals surface area contributed by atoms with Gasteiger partial charge in [-0.1, -0.05) is 11.3 Å². The van der Waals surface area contributed by atoms with Crippen molar-refractivity contribution >= 4 is 32.6 Å². The van der Waals surface area contributed by atoms with E-state index in [-0.39, 0.29) is 0 Å². The third kappa shape index (κ3) is 5.41. The molecule has 1 saturated heterocycles. The van der Waals surface area contributed by atoms with Gasteiger partial charge in [0.1, 0.15) is 34.3 Å². The molecule has 4 aromatic rings. The van der Waals surface area contributed by atoms with Crippen LogP contribution >= 0.6 is 11.3 Å². The third-order valence-corrected chi connectivity index (χ3v) is 8.38. The molecule has 1 aromatic carbocycles. The van der Waals surface area contributed by atoms with Crippen LogP contribution in [0.2, 0.25) is 0 Å². The molecule has 5 heterocycles. The molecule has 0 spiro atoms. The van der Waals surface area contributed by atoms with E-state index >= 15 is 0 Å². The Labute approximate surface area is 233 Å². The van der Waals surface area contributed by atoms with Crippen molar-refractivity contribution in [2.24, 2.45) is 0 Å². The number of benzene rings is 1. The second kappa shape index (κ2) is 11.0. The molecule has 9 nitrogen and oxygen atoms in total. The molecule has 2 aliphatic heterocycles. The summed E-state index contributed by atoms with van der Waals surface area (Å²) in [6.45, 7) is 9.89. The largest absolute Gasteiger partial charge is 0.491 e. The number of likely N-dealkylation sites (tertiary alicyclic amines) is 1. The highest BCUT2D eigenvalue weighted by molar-refractivity contribution is 7.21. The lowest BCUT2D eigenvalue weighted by molar-refractivity contribution is 0.202. The van der Waals surface area contributed by atoms with Crippen LogP contribution in [0.3, 0.4) is 0 Å². The minimum Gasteiger partial charge on any atom is -0.491 e. The fourth-order valence-electron chi connectivity index (χ4n) is 5.67. The predicted molar refractivity (Wildman–Crippen MR) is 155 cm³/mol. The second-order valence-corrected chi connectivity index (χ2v) is 11.4. The van der Waals surface area contributed by atoms with E-state index in [1.54, 1.807) is 7.11 Å². The molecule has 6 rings (SSSR count). The topological polar surface area (TPSA) is 103 Å². The summed E-state index contributed by atoms with van der Waals surface area (Å²) in [6, 6.07) is 6.44. The summed E-state index contributed by atoms with van der Waals surface area (Å²) in [6.07, 6.45) is 5.17. The van der Waals surface area contributed by atoms with Crippen molar-refractivity contribution in [2.45, 2.75) is 46.2 Å². The minimum absolute atomic E-state index is 0.533. The summed E-state index contributed by atoms with van der Waals surface area (Å²) >= 11 is 1.41.